The Bertz CT molecular complexity index is 671. The van der Waals surface area contributed by atoms with E-state index in [9.17, 15) is 14.4 Å². The molecule has 0 atom stereocenters. The van der Waals surface area contributed by atoms with Gasteiger partial charge in [-0.05, 0) is 32.5 Å². The number of ether oxygens (including phenoxy) is 1. The molecule has 1 aromatic rings. The number of benzene rings is 1. The summed E-state index contributed by atoms with van der Waals surface area (Å²) in [6.45, 7) is 6.13. The van der Waals surface area contributed by atoms with E-state index in [0.29, 0.717) is 32.0 Å². The maximum absolute atomic E-state index is 12.1. The maximum Gasteiger partial charge on any atom is 0.325 e. The lowest BCUT2D eigenvalue weighted by molar-refractivity contribution is -0.136. The Hall–Kier alpha value is -2.45. The van der Waals surface area contributed by atoms with Crippen LogP contribution in [0.5, 0.6) is 0 Å². The molecule has 0 aliphatic carbocycles. The molecule has 2 rings (SSSR count). The molecule has 0 aromatic heterocycles. The predicted molar refractivity (Wildman–Crippen MR) is 98.0 cm³/mol. The number of aryl methyl sites for hydroxylation is 2. The number of carbonyl (C=O) groups is 3. The third-order valence-electron chi connectivity index (χ3n) is 4.07. The number of carbonyl (C=O) groups excluding carboxylic acids is 3. The van der Waals surface area contributed by atoms with Gasteiger partial charge in [-0.25, -0.2) is 4.79 Å². The average molecular weight is 362 g/mol. The number of likely N-dealkylation sites (N-methyl/N-ethyl adjacent to an activating group) is 1. The monoisotopic (exact) mass is 362 g/mol. The average Bonchev–Trinajstić information content (AvgIpc) is 2.57. The molecule has 0 unspecified atom stereocenters. The number of urea groups is 1. The number of amides is 4. The van der Waals surface area contributed by atoms with Gasteiger partial charge in [0.25, 0.3) is 0 Å². The standard InChI is InChI=1S/C18H26N4O4/c1-13-4-5-15(14(2)10-13)19-18(25)20-16(23)11-21(3)12-17(24)22-6-8-26-9-7-22/h4-5,10H,6-9,11-12H2,1-3H3,(H2,19,20,23,25). The number of hydrogen-bond donors (Lipinski definition) is 2. The van der Waals surface area contributed by atoms with Gasteiger partial charge >= 0.3 is 6.03 Å². The second-order valence-electron chi connectivity index (χ2n) is 6.49. The molecule has 1 aliphatic rings. The van der Waals surface area contributed by atoms with Gasteiger partial charge in [0, 0.05) is 18.8 Å². The summed E-state index contributed by atoms with van der Waals surface area (Å²) in [6, 6.07) is 5.04. The van der Waals surface area contributed by atoms with E-state index in [1.165, 1.54) is 0 Å². The van der Waals surface area contributed by atoms with Crippen LogP contribution in [0.2, 0.25) is 0 Å². The van der Waals surface area contributed by atoms with Crippen molar-refractivity contribution in [3.63, 3.8) is 0 Å². The molecule has 2 N–H and O–H groups in total. The van der Waals surface area contributed by atoms with Crippen LogP contribution in [0.15, 0.2) is 18.2 Å². The number of nitrogens with zero attached hydrogens (tertiary/aromatic N) is 2. The van der Waals surface area contributed by atoms with Crippen LogP contribution in [0.1, 0.15) is 11.1 Å². The predicted octanol–water partition coefficient (Wildman–Crippen LogP) is 0.742. The normalized spacial score (nSPS) is 14.2. The number of hydrogen-bond acceptors (Lipinski definition) is 5. The highest BCUT2D eigenvalue weighted by molar-refractivity contribution is 6.02. The van der Waals surface area contributed by atoms with Crippen molar-refractivity contribution in [1.29, 1.82) is 0 Å². The largest absolute Gasteiger partial charge is 0.378 e. The molecule has 1 aliphatic heterocycles. The second kappa shape index (κ2) is 9.30. The Morgan fingerprint density at radius 3 is 2.50 bits per heavy atom. The van der Waals surface area contributed by atoms with E-state index in [2.05, 4.69) is 10.6 Å². The van der Waals surface area contributed by atoms with Crippen LogP contribution in [0.25, 0.3) is 0 Å². The van der Waals surface area contributed by atoms with Crippen molar-refractivity contribution in [3.05, 3.63) is 29.3 Å². The van der Waals surface area contributed by atoms with Crippen molar-refractivity contribution in [1.82, 2.24) is 15.1 Å². The number of nitrogens with one attached hydrogen (secondary N) is 2. The lowest BCUT2D eigenvalue weighted by Gasteiger charge is -2.28. The zero-order chi connectivity index (χ0) is 19.1. The van der Waals surface area contributed by atoms with E-state index in [1.54, 1.807) is 22.9 Å². The Kier molecular flexibility index (Phi) is 7.11. The van der Waals surface area contributed by atoms with E-state index in [4.69, 9.17) is 4.74 Å². The number of morpholine rings is 1. The smallest absolute Gasteiger partial charge is 0.325 e. The van der Waals surface area contributed by atoms with Crippen molar-refractivity contribution in [2.24, 2.45) is 0 Å². The first-order valence-corrected chi connectivity index (χ1v) is 8.57. The molecule has 8 nitrogen and oxygen atoms in total. The van der Waals surface area contributed by atoms with Crippen molar-refractivity contribution >= 4 is 23.5 Å². The van der Waals surface area contributed by atoms with Crippen LogP contribution in [-0.4, -0.2) is 74.1 Å². The molecule has 0 saturated carbocycles. The molecule has 1 saturated heterocycles. The fraction of sp³-hybridized carbons (Fsp3) is 0.500. The maximum atomic E-state index is 12.1. The van der Waals surface area contributed by atoms with Gasteiger partial charge in [0.05, 0.1) is 26.3 Å². The van der Waals surface area contributed by atoms with Gasteiger partial charge in [-0.15, -0.1) is 0 Å². The second-order valence-corrected chi connectivity index (χ2v) is 6.49. The van der Waals surface area contributed by atoms with Crippen LogP contribution in [0, 0.1) is 13.8 Å². The molecule has 26 heavy (non-hydrogen) atoms. The first-order valence-electron chi connectivity index (χ1n) is 8.57. The quantitative estimate of drug-likeness (QED) is 0.806. The molecule has 142 valence electrons. The van der Waals surface area contributed by atoms with Crippen LogP contribution in [0.4, 0.5) is 10.5 Å². The van der Waals surface area contributed by atoms with Crippen molar-refractivity contribution in [2.45, 2.75) is 13.8 Å². The molecule has 4 amide bonds. The highest BCUT2D eigenvalue weighted by Crippen LogP contribution is 2.15. The highest BCUT2D eigenvalue weighted by atomic mass is 16.5. The Labute approximate surface area is 153 Å². The van der Waals surface area contributed by atoms with E-state index in [1.807, 2.05) is 26.0 Å². The fourth-order valence-electron chi connectivity index (χ4n) is 2.72. The first-order chi connectivity index (χ1) is 12.3. The summed E-state index contributed by atoms with van der Waals surface area (Å²) < 4.78 is 5.21. The molecule has 1 fully saturated rings. The molecule has 8 heteroatoms. The van der Waals surface area contributed by atoms with E-state index >= 15 is 0 Å². The summed E-state index contributed by atoms with van der Waals surface area (Å²) in [5.74, 6) is -0.520. The number of anilines is 1. The zero-order valence-electron chi connectivity index (χ0n) is 15.5. The van der Waals surface area contributed by atoms with E-state index in [0.717, 1.165) is 11.1 Å². The summed E-state index contributed by atoms with van der Waals surface area (Å²) >= 11 is 0. The third-order valence-corrected chi connectivity index (χ3v) is 4.07. The summed E-state index contributed by atoms with van der Waals surface area (Å²) in [4.78, 5) is 39.4. The number of rotatable bonds is 5. The lowest BCUT2D eigenvalue weighted by Crippen LogP contribution is -2.47. The van der Waals surface area contributed by atoms with Crippen molar-refractivity contribution < 1.29 is 19.1 Å². The summed E-state index contributed by atoms with van der Waals surface area (Å²) in [6.07, 6.45) is 0. The number of imide groups is 1. The zero-order valence-corrected chi connectivity index (χ0v) is 15.5. The molecule has 0 radical (unpaired) electrons. The van der Waals surface area contributed by atoms with Crippen molar-refractivity contribution in [2.75, 3.05) is 51.8 Å². The molecule has 0 bridgehead atoms. The summed E-state index contributed by atoms with van der Waals surface area (Å²) in [5, 5.41) is 4.93. The van der Waals surface area contributed by atoms with Crippen LogP contribution in [-0.2, 0) is 14.3 Å². The lowest BCUT2D eigenvalue weighted by atomic mass is 10.1. The first kappa shape index (κ1) is 19.9. The Balaban J connectivity index is 1.76. The molecule has 1 heterocycles. The minimum Gasteiger partial charge on any atom is -0.378 e. The minimum absolute atomic E-state index is 0.0453. The minimum atomic E-state index is -0.588. The molecular weight excluding hydrogens is 336 g/mol. The topological polar surface area (TPSA) is 91.0 Å². The Morgan fingerprint density at radius 2 is 1.85 bits per heavy atom. The van der Waals surface area contributed by atoms with Crippen LogP contribution < -0.4 is 10.6 Å². The third kappa shape index (κ3) is 6.12. The molecule has 0 spiro atoms. The van der Waals surface area contributed by atoms with Gasteiger partial charge in [0.2, 0.25) is 11.8 Å². The summed E-state index contributed by atoms with van der Waals surface area (Å²) in [7, 11) is 1.67. The van der Waals surface area contributed by atoms with Gasteiger partial charge in [-0.2, -0.15) is 0 Å². The van der Waals surface area contributed by atoms with Crippen LogP contribution in [0.3, 0.4) is 0 Å². The SMILES string of the molecule is Cc1ccc(NC(=O)NC(=O)CN(C)CC(=O)N2CCOCC2)c(C)c1. The fourth-order valence-corrected chi connectivity index (χ4v) is 2.72. The Morgan fingerprint density at radius 1 is 1.15 bits per heavy atom. The van der Waals surface area contributed by atoms with Crippen LogP contribution >= 0.6 is 0 Å². The van der Waals surface area contributed by atoms with Gasteiger partial charge in [-0.1, -0.05) is 17.7 Å². The van der Waals surface area contributed by atoms with Gasteiger partial charge in [0.15, 0.2) is 0 Å². The van der Waals surface area contributed by atoms with E-state index < -0.39 is 11.9 Å². The van der Waals surface area contributed by atoms with Crippen molar-refractivity contribution in [3.8, 4) is 0 Å². The van der Waals surface area contributed by atoms with Gasteiger partial charge in [0.1, 0.15) is 0 Å². The molecular formula is C18H26N4O4. The van der Waals surface area contributed by atoms with Gasteiger partial charge in [-0.3, -0.25) is 19.8 Å². The van der Waals surface area contributed by atoms with Gasteiger partial charge < -0.3 is 15.0 Å². The molecule has 1 aromatic carbocycles. The summed E-state index contributed by atoms with van der Waals surface area (Å²) in [5.41, 5.74) is 2.66. The highest BCUT2D eigenvalue weighted by Gasteiger charge is 2.19. The van der Waals surface area contributed by atoms with E-state index in [-0.39, 0.29) is 19.0 Å².